The summed E-state index contributed by atoms with van der Waals surface area (Å²) in [6.07, 6.45) is 3.42. The van der Waals surface area contributed by atoms with E-state index in [1.165, 1.54) is 18.0 Å². The van der Waals surface area contributed by atoms with Crippen LogP contribution in [0.3, 0.4) is 0 Å². The smallest absolute Gasteiger partial charge is 0.332 e. The molecule has 0 amide bonds. The SMILES string of the molecule is CCOC(=O)Cn1c(CN2CCCC[C@H]2C)nc2c1c(=O)n(C)c(=O)n2C. The summed E-state index contributed by atoms with van der Waals surface area (Å²) in [5.41, 5.74) is -0.339. The molecule has 1 saturated heterocycles. The predicted molar refractivity (Wildman–Crippen MR) is 101 cm³/mol. The van der Waals surface area contributed by atoms with Gasteiger partial charge in [0, 0.05) is 20.1 Å². The molecule has 0 aromatic carbocycles. The van der Waals surface area contributed by atoms with Crippen LogP contribution in [0.5, 0.6) is 0 Å². The predicted octanol–water partition coefficient (Wildman–Crippen LogP) is 0.371. The van der Waals surface area contributed by atoms with E-state index in [1.54, 1.807) is 18.5 Å². The molecule has 0 radical (unpaired) electrons. The number of carbonyl (C=O) groups excluding carboxylic acids is 1. The molecule has 1 atom stereocenters. The summed E-state index contributed by atoms with van der Waals surface area (Å²) >= 11 is 0. The standard InChI is InChI=1S/C18H27N5O4/c1-5-27-14(24)11-23-13(10-22-9-7-6-8-12(22)2)19-16-15(23)17(25)21(4)18(26)20(16)3/h12H,5-11H2,1-4H3/t12-/m1/s1. The van der Waals surface area contributed by atoms with Crippen LogP contribution in [-0.4, -0.2) is 48.7 Å². The number of nitrogens with zero attached hydrogens (tertiary/aromatic N) is 5. The van der Waals surface area contributed by atoms with E-state index >= 15 is 0 Å². The van der Waals surface area contributed by atoms with Crippen LogP contribution < -0.4 is 11.2 Å². The van der Waals surface area contributed by atoms with Crippen molar-refractivity contribution in [2.24, 2.45) is 14.1 Å². The second-order valence-corrected chi connectivity index (χ2v) is 7.11. The maximum absolute atomic E-state index is 12.8. The molecule has 0 unspecified atom stereocenters. The van der Waals surface area contributed by atoms with Gasteiger partial charge in [0.25, 0.3) is 5.56 Å². The molecule has 2 aromatic rings. The number of fused-ring (bicyclic) bond motifs is 1. The molecule has 0 bridgehead atoms. The van der Waals surface area contributed by atoms with Crippen molar-refractivity contribution in [1.82, 2.24) is 23.6 Å². The highest BCUT2D eigenvalue weighted by Gasteiger charge is 2.25. The van der Waals surface area contributed by atoms with Crippen LogP contribution in [0, 0.1) is 0 Å². The van der Waals surface area contributed by atoms with Crippen molar-refractivity contribution < 1.29 is 9.53 Å². The van der Waals surface area contributed by atoms with Gasteiger partial charge in [-0.15, -0.1) is 0 Å². The van der Waals surface area contributed by atoms with Gasteiger partial charge >= 0.3 is 11.7 Å². The number of carbonyl (C=O) groups is 1. The summed E-state index contributed by atoms with van der Waals surface area (Å²) in [5.74, 6) is 0.172. The first kappa shape index (κ1) is 19.3. The van der Waals surface area contributed by atoms with Crippen molar-refractivity contribution in [1.29, 1.82) is 0 Å². The Hall–Kier alpha value is -2.42. The van der Waals surface area contributed by atoms with Crippen molar-refractivity contribution in [3.8, 4) is 0 Å². The van der Waals surface area contributed by atoms with E-state index in [-0.39, 0.29) is 18.7 Å². The molecule has 1 aliphatic heterocycles. The molecule has 0 spiro atoms. The van der Waals surface area contributed by atoms with Crippen molar-refractivity contribution in [2.45, 2.75) is 52.2 Å². The molecule has 3 rings (SSSR count). The molecule has 0 N–H and O–H groups in total. The molecule has 1 aliphatic rings. The lowest BCUT2D eigenvalue weighted by molar-refractivity contribution is -0.143. The minimum atomic E-state index is -0.456. The Morgan fingerprint density at radius 1 is 1.22 bits per heavy atom. The van der Waals surface area contributed by atoms with Gasteiger partial charge in [0.05, 0.1) is 13.2 Å². The van der Waals surface area contributed by atoms with Crippen LogP contribution in [0.1, 0.15) is 38.9 Å². The normalized spacial score (nSPS) is 18.1. The van der Waals surface area contributed by atoms with Crippen LogP contribution in [0.15, 0.2) is 9.59 Å². The number of rotatable bonds is 5. The minimum absolute atomic E-state index is 0.102. The lowest BCUT2D eigenvalue weighted by Crippen LogP contribution is -2.38. The van der Waals surface area contributed by atoms with Gasteiger partial charge < -0.3 is 9.30 Å². The molecule has 148 valence electrons. The Labute approximate surface area is 157 Å². The maximum atomic E-state index is 12.8. The van der Waals surface area contributed by atoms with Gasteiger partial charge in [0.15, 0.2) is 11.2 Å². The average Bonchev–Trinajstić information content (AvgIpc) is 2.98. The zero-order chi connectivity index (χ0) is 19.7. The summed E-state index contributed by atoms with van der Waals surface area (Å²) in [6, 6.07) is 0.404. The summed E-state index contributed by atoms with van der Waals surface area (Å²) in [7, 11) is 3.01. The topological polar surface area (TPSA) is 91.4 Å². The third kappa shape index (κ3) is 3.55. The van der Waals surface area contributed by atoms with Gasteiger partial charge in [-0.1, -0.05) is 6.42 Å². The van der Waals surface area contributed by atoms with E-state index in [0.29, 0.717) is 24.1 Å². The Morgan fingerprint density at radius 3 is 2.63 bits per heavy atom. The summed E-state index contributed by atoms with van der Waals surface area (Å²) in [6.45, 7) is 5.54. The van der Waals surface area contributed by atoms with E-state index in [2.05, 4.69) is 16.8 Å². The van der Waals surface area contributed by atoms with Crippen LogP contribution in [0.25, 0.3) is 11.2 Å². The van der Waals surface area contributed by atoms with E-state index in [9.17, 15) is 14.4 Å². The largest absolute Gasteiger partial charge is 0.465 e. The maximum Gasteiger partial charge on any atom is 0.332 e. The second-order valence-electron chi connectivity index (χ2n) is 7.11. The molecular weight excluding hydrogens is 350 g/mol. The monoisotopic (exact) mass is 377 g/mol. The number of likely N-dealkylation sites (tertiary alicyclic amines) is 1. The number of hydrogen-bond acceptors (Lipinski definition) is 6. The number of ether oxygens (including phenoxy) is 1. The second kappa shape index (κ2) is 7.67. The van der Waals surface area contributed by atoms with Gasteiger partial charge in [-0.05, 0) is 33.2 Å². The fourth-order valence-corrected chi connectivity index (χ4v) is 3.69. The molecule has 0 saturated carbocycles. The molecule has 3 heterocycles. The highest BCUT2D eigenvalue weighted by atomic mass is 16.5. The molecule has 1 fully saturated rings. The third-order valence-electron chi connectivity index (χ3n) is 5.30. The van der Waals surface area contributed by atoms with Crippen molar-refractivity contribution in [3.05, 3.63) is 26.7 Å². The third-order valence-corrected chi connectivity index (χ3v) is 5.30. The molecule has 27 heavy (non-hydrogen) atoms. The highest BCUT2D eigenvalue weighted by molar-refractivity contribution is 5.76. The fraction of sp³-hybridized carbons (Fsp3) is 0.667. The van der Waals surface area contributed by atoms with Crippen molar-refractivity contribution in [2.75, 3.05) is 13.2 Å². The average molecular weight is 377 g/mol. The number of imidazole rings is 1. The van der Waals surface area contributed by atoms with E-state index in [1.807, 2.05) is 0 Å². The molecule has 9 nitrogen and oxygen atoms in total. The van der Waals surface area contributed by atoms with Crippen LogP contribution >= 0.6 is 0 Å². The number of aryl methyl sites for hydroxylation is 1. The van der Waals surface area contributed by atoms with Crippen LogP contribution in [-0.2, 0) is 36.7 Å². The minimum Gasteiger partial charge on any atom is -0.465 e. The summed E-state index contributed by atoms with van der Waals surface area (Å²) < 4.78 is 9.07. The Balaban J connectivity index is 2.14. The Kier molecular flexibility index (Phi) is 5.50. The van der Waals surface area contributed by atoms with E-state index < -0.39 is 17.2 Å². The van der Waals surface area contributed by atoms with Crippen LogP contribution in [0.4, 0.5) is 0 Å². The Morgan fingerprint density at radius 2 is 1.96 bits per heavy atom. The number of aromatic nitrogens is 4. The first-order chi connectivity index (χ1) is 12.8. The van der Waals surface area contributed by atoms with Crippen LogP contribution in [0.2, 0.25) is 0 Å². The Bertz CT molecular complexity index is 971. The quantitative estimate of drug-likeness (QED) is 0.699. The first-order valence-electron chi connectivity index (χ1n) is 9.40. The highest BCUT2D eigenvalue weighted by Crippen LogP contribution is 2.20. The van der Waals surface area contributed by atoms with Gasteiger partial charge in [0.1, 0.15) is 12.4 Å². The number of hydrogen-bond donors (Lipinski definition) is 0. The summed E-state index contributed by atoms with van der Waals surface area (Å²) in [5, 5.41) is 0. The number of piperidine rings is 1. The lowest BCUT2D eigenvalue weighted by Gasteiger charge is -2.32. The molecular formula is C18H27N5O4. The molecule has 2 aromatic heterocycles. The zero-order valence-corrected chi connectivity index (χ0v) is 16.4. The number of esters is 1. The van der Waals surface area contributed by atoms with Gasteiger partial charge in [-0.3, -0.25) is 23.6 Å². The van der Waals surface area contributed by atoms with Crippen molar-refractivity contribution in [3.63, 3.8) is 0 Å². The molecule has 9 heteroatoms. The van der Waals surface area contributed by atoms with E-state index in [4.69, 9.17) is 4.74 Å². The van der Waals surface area contributed by atoms with Crippen molar-refractivity contribution >= 4 is 17.1 Å². The van der Waals surface area contributed by atoms with Gasteiger partial charge in [-0.25, -0.2) is 9.78 Å². The lowest BCUT2D eigenvalue weighted by atomic mass is 10.0. The van der Waals surface area contributed by atoms with Gasteiger partial charge in [-0.2, -0.15) is 0 Å². The van der Waals surface area contributed by atoms with E-state index in [0.717, 1.165) is 24.0 Å². The first-order valence-corrected chi connectivity index (χ1v) is 9.40. The fourth-order valence-electron chi connectivity index (χ4n) is 3.69. The zero-order valence-electron chi connectivity index (χ0n) is 16.4. The molecule has 0 aliphatic carbocycles. The van der Waals surface area contributed by atoms with Gasteiger partial charge in [0.2, 0.25) is 0 Å². The summed E-state index contributed by atoms with van der Waals surface area (Å²) in [4.78, 5) is 44.0.